The predicted molar refractivity (Wildman–Crippen MR) is 153 cm³/mol. The molecule has 2 amide bonds. The van der Waals surface area contributed by atoms with Crippen LogP contribution in [-0.2, 0) is 14.3 Å². The second kappa shape index (κ2) is 12.8. The summed E-state index contributed by atoms with van der Waals surface area (Å²) >= 11 is 1.01. The molecule has 7 nitrogen and oxygen atoms in total. The molecule has 0 bridgehead atoms. The zero-order chi connectivity index (χ0) is 27.8. The molecule has 0 radical (unpaired) electrons. The molecule has 1 aliphatic heterocycles. The first-order valence-corrected chi connectivity index (χ1v) is 14.1. The number of unbranched alkanes of at least 4 members (excludes halogenated alkanes) is 1. The number of likely N-dealkylation sites (tertiary alicyclic amines) is 1. The number of para-hydroxylation sites is 1. The predicted octanol–water partition coefficient (Wildman–Crippen LogP) is 5.93. The summed E-state index contributed by atoms with van der Waals surface area (Å²) in [6.07, 6.45) is 1.64. The van der Waals surface area contributed by atoms with Gasteiger partial charge in [-0.2, -0.15) is 0 Å². The van der Waals surface area contributed by atoms with Crippen molar-refractivity contribution in [3.05, 3.63) is 102 Å². The van der Waals surface area contributed by atoms with Crippen molar-refractivity contribution in [3.8, 4) is 0 Å². The van der Waals surface area contributed by atoms with Crippen LogP contribution in [0.25, 0.3) is 0 Å². The second-order valence-corrected chi connectivity index (χ2v) is 10.3. The van der Waals surface area contributed by atoms with Gasteiger partial charge < -0.3 is 10.1 Å². The largest absolute Gasteiger partial charge is 0.464 e. The van der Waals surface area contributed by atoms with Gasteiger partial charge in [0.05, 0.1) is 12.5 Å². The molecule has 1 saturated heterocycles. The summed E-state index contributed by atoms with van der Waals surface area (Å²) in [6, 6.07) is 25.2. The molecule has 8 heteroatoms. The van der Waals surface area contributed by atoms with E-state index in [2.05, 4.69) is 5.32 Å². The Hall–Kier alpha value is -3.91. The van der Waals surface area contributed by atoms with Gasteiger partial charge in [0.1, 0.15) is 6.04 Å². The van der Waals surface area contributed by atoms with Crippen LogP contribution in [0, 0.1) is 0 Å². The normalized spacial score (nSPS) is 20.0. The molecule has 1 fully saturated rings. The van der Waals surface area contributed by atoms with E-state index >= 15 is 0 Å². The SMILES string of the molecule is CCCCSC(=O)N1[C@H](C(=O)c2ccccc2)[C@@H](c2ccccc2)[C@]1(C(=O)Nc1ccccc1)C(=O)OCC. The fraction of sp³-hybridized carbons (Fsp3) is 0.290. The van der Waals surface area contributed by atoms with E-state index in [9.17, 15) is 19.2 Å². The fourth-order valence-electron chi connectivity index (χ4n) is 4.98. The summed E-state index contributed by atoms with van der Waals surface area (Å²) in [5.41, 5.74) is -0.647. The second-order valence-electron chi connectivity index (χ2n) is 9.21. The van der Waals surface area contributed by atoms with Gasteiger partial charge in [0.2, 0.25) is 5.54 Å². The molecule has 0 aliphatic carbocycles. The standard InChI is InChI=1S/C31H32N2O5S/c1-3-5-21-39-30(37)33-26(27(34)23-17-11-7-12-18-23)25(22-15-9-6-10-16-22)31(33,29(36)38-4-2)28(35)32-24-19-13-8-14-20-24/h6-20,25-26H,3-5,21H2,1-2H3,(H,32,35)/t25-,26+,31+/m1/s1. The van der Waals surface area contributed by atoms with Crippen LogP contribution in [0.5, 0.6) is 0 Å². The Balaban J connectivity index is 1.90. The van der Waals surface area contributed by atoms with Gasteiger partial charge in [0.25, 0.3) is 11.1 Å². The molecule has 4 rings (SSSR count). The van der Waals surface area contributed by atoms with Crippen LogP contribution in [0.15, 0.2) is 91.0 Å². The van der Waals surface area contributed by atoms with Crippen LogP contribution in [0.1, 0.15) is 48.5 Å². The lowest BCUT2D eigenvalue weighted by Crippen LogP contribution is -2.82. The first-order valence-electron chi connectivity index (χ1n) is 13.1. The molecule has 3 aromatic rings. The number of hydrogen-bond donors (Lipinski definition) is 1. The number of thioether (sulfide) groups is 1. The first kappa shape index (κ1) is 28.1. The van der Waals surface area contributed by atoms with Crippen molar-refractivity contribution in [1.29, 1.82) is 0 Å². The molecule has 0 aromatic heterocycles. The maximum Gasteiger partial charge on any atom is 0.342 e. The zero-order valence-corrected chi connectivity index (χ0v) is 22.9. The number of carbonyl (C=O) groups is 4. The Kier molecular flexibility index (Phi) is 9.19. The number of rotatable bonds is 10. The van der Waals surface area contributed by atoms with E-state index in [1.165, 1.54) is 0 Å². The molecule has 0 saturated carbocycles. The van der Waals surface area contributed by atoms with E-state index < -0.39 is 34.6 Å². The number of nitrogens with one attached hydrogen (secondary N) is 1. The highest BCUT2D eigenvalue weighted by Gasteiger charge is 2.74. The number of ether oxygens (including phenoxy) is 1. The van der Waals surface area contributed by atoms with Crippen LogP contribution in [0.4, 0.5) is 10.5 Å². The lowest BCUT2D eigenvalue weighted by atomic mass is 9.62. The van der Waals surface area contributed by atoms with Crippen molar-refractivity contribution in [1.82, 2.24) is 4.90 Å². The Bertz CT molecular complexity index is 1300. The van der Waals surface area contributed by atoms with Crippen molar-refractivity contribution in [2.24, 2.45) is 0 Å². The van der Waals surface area contributed by atoms with Crippen LogP contribution < -0.4 is 5.32 Å². The summed E-state index contributed by atoms with van der Waals surface area (Å²) in [6.45, 7) is 3.66. The molecular formula is C31H32N2O5S. The minimum atomic E-state index is -2.08. The molecule has 1 N–H and O–H groups in total. The van der Waals surface area contributed by atoms with Gasteiger partial charge in [-0.05, 0) is 31.0 Å². The van der Waals surface area contributed by atoms with E-state index in [0.29, 0.717) is 22.6 Å². The Morgan fingerprint density at radius 1 is 0.872 bits per heavy atom. The van der Waals surface area contributed by atoms with E-state index in [1.807, 2.05) is 19.1 Å². The highest BCUT2D eigenvalue weighted by Crippen LogP contribution is 2.53. The summed E-state index contributed by atoms with van der Waals surface area (Å²) in [5, 5.41) is 2.31. The van der Waals surface area contributed by atoms with Crippen molar-refractivity contribution in [2.45, 2.75) is 44.2 Å². The summed E-state index contributed by atoms with van der Waals surface area (Å²) in [5.74, 6) is -2.41. The third-order valence-electron chi connectivity index (χ3n) is 6.79. The van der Waals surface area contributed by atoms with E-state index in [0.717, 1.165) is 29.5 Å². The summed E-state index contributed by atoms with van der Waals surface area (Å²) < 4.78 is 5.49. The molecule has 1 heterocycles. The minimum Gasteiger partial charge on any atom is -0.464 e. The summed E-state index contributed by atoms with van der Waals surface area (Å²) in [4.78, 5) is 57.2. The van der Waals surface area contributed by atoms with E-state index in [1.54, 1.807) is 85.8 Å². The topological polar surface area (TPSA) is 92.8 Å². The maximum atomic E-state index is 14.2. The van der Waals surface area contributed by atoms with Crippen molar-refractivity contribution < 1.29 is 23.9 Å². The lowest BCUT2D eigenvalue weighted by Gasteiger charge is -2.59. The third-order valence-corrected chi connectivity index (χ3v) is 7.73. The highest BCUT2D eigenvalue weighted by molar-refractivity contribution is 8.13. The number of nitrogens with zero attached hydrogens (tertiary/aromatic N) is 1. The average Bonchev–Trinajstić information content (AvgIpc) is 2.94. The lowest BCUT2D eigenvalue weighted by molar-refractivity contribution is -0.173. The molecule has 39 heavy (non-hydrogen) atoms. The van der Waals surface area contributed by atoms with Crippen LogP contribution in [0.3, 0.4) is 0 Å². The van der Waals surface area contributed by atoms with Crippen molar-refractivity contribution >= 4 is 40.3 Å². The van der Waals surface area contributed by atoms with Gasteiger partial charge in [0.15, 0.2) is 5.78 Å². The number of amides is 2. The van der Waals surface area contributed by atoms with E-state index in [-0.39, 0.29) is 12.4 Å². The van der Waals surface area contributed by atoms with Crippen molar-refractivity contribution in [3.63, 3.8) is 0 Å². The van der Waals surface area contributed by atoms with Gasteiger partial charge >= 0.3 is 5.97 Å². The number of benzene rings is 3. The maximum absolute atomic E-state index is 14.2. The molecule has 0 unspecified atom stereocenters. The molecule has 3 atom stereocenters. The van der Waals surface area contributed by atoms with Crippen LogP contribution >= 0.6 is 11.8 Å². The highest BCUT2D eigenvalue weighted by atomic mass is 32.2. The number of hydrogen-bond acceptors (Lipinski definition) is 6. The number of anilines is 1. The quantitative estimate of drug-likeness (QED) is 0.147. The number of carbonyl (C=O) groups excluding carboxylic acids is 4. The molecule has 1 aliphatic rings. The Labute approximate surface area is 232 Å². The third kappa shape index (κ3) is 5.47. The van der Waals surface area contributed by atoms with Gasteiger partial charge in [-0.3, -0.25) is 19.3 Å². The average molecular weight is 545 g/mol. The van der Waals surface area contributed by atoms with Crippen LogP contribution in [-0.4, -0.2) is 51.7 Å². The molecule has 202 valence electrons. The minimum absolute atomic E-state index is 0.00299. The number of Topliss-reactive ketones (excluding diaryl/α,β-unsaturated/α-hetero) is 1. The van der Waals surface area contributed by atoms with Gasteiger partial charge in [0, 0.05) is 17.0 Å². The fourth-order valence-corrected chi connectivity index (χ4v) is 5.98. The molecular weight excluding hydrogens is 512 g/mol. The summed E-state index contributed by atoms with van der Waals surface area (Å²) in [7, 11) is 0. The van der Waals surface area contributed by atoms with E-state index in [4.69, 9.17) is 4.74 Å². The van der Waals surface area contributed by atoms with Gasteiger partial charge in [-0.1, -0.05) is 104 Å². The smallest absolute Gasteiger partial charge is 0.342 e. The number of esters is 1. The zero-order valence-electron chi connectivity index (χ0n) is 22.0. The van der Waals surface area contributed by atoms with Crippen LogP contribution in [0.2, 0.25) is 0 Å². The van der Waals surface area contributed by atoms with Crippen molar-refractivity contribution in [2.75, 3.05) is 17.7 Å². The van der Waals surface area contributed by atoms with Gasteiger partial charge in [-0.25, -0.2) is 4.79 Å². The Morgan fingerprint density at radius 3 is 2.05 bits per heavy atom. The first-order chi connectivity index (χ1) is 19.0. The number of ketones is 1. The molecule has 0 spiro atoms. The molecule has 3 aromatic carbocycles. The van der Waals surface area contributed by atoms with Gasteiger partial charge in [-0.15, -0.1) is 0 Å². The Morgan fingerprint density at radius 2 is 1.46 bits per heavy atom. The monoisotopic (exact) mass is 544 g/mol.